The largest absolute Gasteiger partial charge is 0.349 e. The van der Waals surface area contributed by atoms with E-state index in [4.69, 9.17) is 11.6 Å². The van der Waals surface area contributed by atoms with Gasteiger partial charge in [0.25, 0.3) is 11.8 Å². The third-order valence-corrected chi connectivity index (χ3v) is 4.93. The molecule has 2 N–H and O–H groups in total. The van der Waals surface area contributed by atoms with E-state index < -0.39 is 0 Å². The molecule has 0 heterocycles. The summed E-state index contributed by atoms with van der Waals surface area (Å²) in [7, 11) is 0. The Hall–Kier alpha value is -2.33. The summed E-state index contributed by atoms with van der Waals surface area (Å²) in [5.41, 5.74) is 1.62. The van der Waals surface area contributed by atoms with Crippen LogP contribution in [0.15, 0.2) is 48.5 Å². The van der Waals surface area contributed by atoms with Gasteiger partial charge in [0.05, 0.1) is 0 Å². The van der Waals surface area contributed by atoms with Gasteiger partial charge in [-0.2, -0.15) is 0 Å². The van der Waals surface area contributed by atoms with Gasteiger partial charge in [-0.15, -0.1) is 0 Å². The van der Waals surface area contributed by atoms with E-state index >= 15 is 0 Å². The van der Waals surface area contributed by atoms with Crippen LogP contribution in [0.3, 0.4) is 0 Å². The van der Waals surface area contributed by atoms with Crippen molar-refractivity contribution in [3.8, 4) is 0 Å². The first-order valence-electron chi connectivity index (χ1n) is 9.10. The van der Waals surface area contributed by atoms with Gasteiger partial charge in [0.15, 0.2) is 0 Å². The van der Waals surface area contributed by atoms with Crippen LogP contribution in [0.4, 0.5) is 5.69 Å². The maximum atomic E-state index is 12.5. The van der Waals surface area contributed by atoms with Crippen molar-refractivity contribution < 1.29 is 9.59 Å². The highest BCUT2D eigenvalue weighted by atomic mass is 35.5. The molecule has 26 heavy (non-hydrogen) atoms. The minimum absolute atomic E-state index is 0.113. The van der Waals surface area contributed by atoms with E-state index in [0.717, 1.165) is 25.7 Å². The SMILES string of the molecule is O=C(Nc1ccc(Cl)cc1)c1cccc(C(=O)NC2CCCCCC2)c1. The van der Waals surface area contributed by atoms with E-state index in [0.29, 0.717) is 21.8 Å². The lowest BCUT2D eigenvalue weighted by Gasteiger charge is -2.16. The van der Waals surface area contributed by atoms with Gasteiger partial charge in [-0.3, -0.25) is 9.59 Å². The number of halogens is 1. The molecule has 4 nitrogen and oxygen atoms in total. The number of carbonyl (C=O) groups is 2. The molecule has 1 aliphatic rings. The first-order chi connectivity index (χ1) is 12.6. The molecular weight excluding hydrogens is 348 g/mol. The van der Waals surface area contributed by atoms with Crippen molar-refractivity contribution in [3.05, 3.63) is 64.7 Å². The Bertz CT molecular complexity index is 766. The molecule has 0 radical (unpaired) electrons. The number of amides is 2. The quantitative estimate of drug-likeness (QED) is 0.740. The van der Waals surface area contributed by atoms with Gasteiger partial charge in [0.1, 0.15) is 0 Å². The molecule has 0 unspecified atom stereocenters. The van der Waals surface area contributed by atoms with Crippen molar-refractivity contribution in [1.82, 2.24) is 5.32 Å². The van der Waals surface area contributed by atoms with Gasteiger partial charge in [-0.05, 0) is 55.3 Å². The Balaban J connectivity index is 1.65. The first kappa shape index (κ1) is 18.5. The van der Waals surface area contributed by atoms with E-state index in [1.165, 1.54) is 12.8 Å². The third kappa shape index (κ3) is 5.09. The van der Waals surface area contributed by atoms with Crippen LogP contribution in [-0.4, -0.2) is 17.9 Å². The fourth-order valence-corrected chi connectivity index (χ4v) is 3.36. The topological polar surface area (TPSA) is 58.2 Å². The maximum Gasteiger partial charge on any atom is 0.255 e. The molecule has 0 bridgehead atoms. The fraction of sp³-hybridized carbons (Fsp3) is 0.333. The van der Waals surface area contributed by atoms with Crippen LogP contribution < -0.4 is 10.6 Å². The van der Waals surface area contributed by atoms with E-state index in [9.17, 15) is 9.59 Å². The molecule has 136 valence electrons. The normalized spacial score (nSPS) is 15.1. The number of carbonyl (C=O) groups excluding carboxylic acids is 2. The second kappa shape index (κ2) is 8.86. The molecule has 2 aromatic rings. The number of hydrogen-bond acceptors (Lipinski definition) is 2. The van der Waals surface area contributed by atoms with Crippen LogP contribution in [0.1, 0.15) is 59.2 Å². The molecule has 0 aliphatic heterocycles. The molecule has 0 atom stereocenters. The Morgan fingerprint density at radius 2 is 1.46 bits per heavy atom. The van der Waals surface area contributed by atoms with Gasteiger partial charge in [-0.25, -0.2) is 0 Å². The van der Waals surface area contributed by atoms with E-state index in [-0.39, 0.29) is 17.9 Å². The standard InChI is InChI=1S/C21H23ClN2O2/c22-17-10-12-19(13-11-17)24-21(26)16-7-5-6-15(14-16)20(25)23-18-8-3-1-2-4-9-18/h5-7,10-14,18H,1-4,8-9H2,(H,23,25)(H,24,26). The molecule has 0 saturated heterocycles. The van der Waals surface area contributed by atoms with Crippen LogP contribution in [-0.2, 0) is 0 Å². The molecule has 3 rings (SSSR count). The summed E-state index contributed by atoms with van der Waals surface area (Å²) in [6.45, 7) is 0. The highest BCUT2D eigenvalue weighted by molar-refractivity contribution is 6.30. The Morgan fingerprint density at radius 3 is 2.12 bits per heavy atom. The Morgan fingerprint density at radius 1 is 0.846 bits per heavy atom. The molecule has 2 amide bonds. The number of rotatable bonds is 4. The van der Waals surface area contributed by atoms with Crippen molar-refractivity contribution in [1.29, 1.82) is 0 Å². The summed E-state index contributed by atoms with van der Waals surface area (Å²) in [4.78, 5) is 25.0. The van der Waals surface area contributed by atoms with Gasteiger partial charge in [0.2, 0.25) is 0 Å². The zero-order chi connectivity index (χ0) is 18.4. The van der Waals surface area contributed by atoms with E-state index in [1.807, 2.05) is 0 Å². The fourth-order valence-electron chi connectivity index (χ4n) is 3.23. The molecule has 1 fully saturated rings. The molecule has 0 aromatic heterocycles. The van der Waals surface area contributed by atoms with E-state index in [1.54, 1.807) is 48.5 Å². The van der Waals surface area contributed by atoms with Crippen molar-refractivity contribution in [2.24, 2.45) is 0 Å². The Labute approximate surface area is 158 Å². The van der Waals surface area contributed by atoms with Crippen molar-refractivity contribution in [3.63, 3.8) is 0 Å². The van der Waals surface area contributed by atoms with Crippen LogP contribution in [0.5, 0.6) is 0 Å². The summed E-state index contributed by atoms with van der Waals surface area (Å²) < 4.78 is 0. The van der Waals surface area contributed by atoms with Crippen LogP contribution in [0.25, 0.3) is 0 Å². The predicted molar refractivity (Wildman–Crippen MR) is 105 cm³/mol. The molecule has 1 aliphatic carbocycles. The lowest BCUT2D eigenvalue weighted by atomic mass is 10.1. The maximum absolute atomic E-state index is 12.5. The van der Waals surface area contributed by atoms with Crippen molar-refractivity contribution in [2.75, 3.05) is 5.32 Å². The van der Waals surface area contributed by atoms with Gasteiger partial charge < -0.3 is 10.6 Å². The molecule has 2 aromatic carbocycles. The summed E-state index contributed by atoms with van der Waals surface area (Å²) in [6.07, 6.45) is 6.87. The predicted octanol–water partition coefficient (Wildman–Crippen LogP) is 5.04. The number of nitrogens with one attached hydrogen (secondary N) is 2. The lowest BCUT2D eigenvalue weighted by Crippen LogP contribution is -2.34. The van der Waals surface area contributed by atoms with Crippen molar-refractivity contribution >= 4 is 29.1 Å². The monoisotopic (exact) mass is 370 g/mol. The van der Waals surface area contributed by atoms with Crippen molar-refractivity contribution in [2.45, 2.75) is 44.6 Å². The second-order valence-corrected chi connectivity index (χ2v) is 7.14. The van der Waals surface area contributed by atoms with Gasteiger partial charge in [0, 0.05) is 27.9 Å². The Kier molecular flexibility index (Phi) is 6.29. The van der Waals surface area contributed by atoms with Gasteiger partial charge in [-0.1, -0.05) is 43.4 Å². The van der Waals surface area contributed by atoms with Crippen LogP contribution >= 0.6 is 11.6 Å². The second-order valence-electron chi connectivity index (χ2n) is 6.70. The first-order valence-corrected chi connectivity index (χ1v) is 9.47. The molecular formula is C21H23ClN2O2. The highest BCUT2D eigenvalue weighted by Gasteiger charge is 2.17. The van der Waals surface area contributed by atoms with E-state index in [2.05, 4.69) is 10.6 Å². The number of benzene rings is 2. The average Bonchev–Trinajstić information content (AvgIpc) is 2.92. The summed E-state index contributed by atoms with van der Waals surface area (Å²) >= 11 is 5.85. The average molecular weight is 371 g/mol. The smallest absolute Gasteiger partial charge is 0.255 e. The minimum Gasteiger partial charge on any atom is -0.349 e. The zero-order valence-electron chi connectivity index (χ0n) is 14.6. The highest BCUT2D eigenvalue weighted by Crippen LogP contribution is 2.18. The summed E-state index contributed by atoms with van der Waals surface area (Å²) in [5, 5.41) is 6.54. The number of hydrogen-bond donors (Lipinski definition) is 2. The summed E-state index contributed by atoms with van der Waals surface area (Å²) in [5.74, 6) is -0.366. The van der Waals surface area contributed by atoms with Crippen LogP contribution in [0, 0.1) is 0 Å². The number of anilines is 1. The lowest BCUT2D eigenvalue weighted by molar-refractivity contribution is 0.0933. The molecule has 0 spiro atoms. The minimum atomic E-state index is -0.253. The molecule has 1 saturated carbocycles. The van der Waals surface area contributed by atoms with Gasteiger partial charge >= 0.3 is 0 Å². The zero-order valence-corrected chi connectivity index (χ0v) is 15.4. The third-order valence-electron chi connectivity index (χ3n) is 4.68. The summed E-state index contributed by atoms with van der Waals surface area (Å²) in [6, 6.07) is 14.0. The molecule has 5 heteroatoms. The van der Waals surface area contributed by atoms with Crippen LogP contribution in [0.2, 0.25) is 5.02 Å².